The highest BCUT2D eigenvalue weighted by Crippen LogP contribution is 2.42. The summed E-state index contributed by atoms with van der Waals surface area (Å²) in [4.78, 5) is 40.2. The number of aliphatic hydroxyl groups excluding tert-OH is 1. The highest BCUT2D eigenvalue weighted by molar-refractivity contribution is 9.10. The minimum Gasteiger partial charge on any atom is -0.503 e. The van der Waals surface area contributed by atoms with Crippen molar-refractivity contribution in [2.24, 2.45) is 0 Å². The van der Waals surface area contributed by atoms with Crippen LogP contribution in [0.1, 0.15) is 27.7 Å². The zero-order valence-corrected chi connectivity index (χ0v) is 22.0. The van der Waals surface area contributed by atoms with Crippen molar-refractivity contribution < 1.29 is 33.4 Å². The van der Waals surface area contributed by atoms with Crippen molar-refractivity contribution >= 4 is 50.2 Å². The van der Waals surface area contributed by atoms with Gasteiger partial charge in [-0.25, -0.2) is 0 Å². The number of anilines is 1. The number of ether oxygens (including phenoxy) is 2. The van der Waals surface area contributed by atoms with Gasteiger partial charge >= 0.3 is 5.97 Å². The quantitative estimate of drug-likeness (QED) is 0.222. The lowest BCUT2D eigenvalue weighted by atomic mass is 9.94. The molecule has 1 aromatic heterocycles. The molecule has 3 aromatic carbocycles. The zero-order valence-electron chi connectivity index (χ0n) is 20.4. The molecule has 1 N–H and O–H groups in total. The van der Waals surface area contributed by atoms with E-state index in [4.69, 9.17) is 13.9 Å². The predicted octanol–water partition coefficient (Wildman–Crippen LogP) is 5.70. The maximum Gasteiger partial charge on any atom is 0.309 e. The summed E-state index contributed by atoms with van der Waals surface area (Å²) in [6.45, 7) is 0. The molecule has 0 bridgehead atoms. The predicted molar refractivity (Wildman–Crippen MR) is 143 cm³/mol. The van der Waals surface area contributed by atoms with E-state index in [1.807, 2.05) is 6.07 Å². The van der Waals surface area contributed by atoms with Crippen LogP contribution >= 0.6 is 15.9 Å². The number of carbonyl (C=O) groups excluding carboxylic acids is 3. The van der Waals surface area contributed by atoms with Crippen LogP contribution in [0.2, 0.25) is 0 Å². The molecule has 4 aromatic rings. The number of furan rings is 1. The number of Topliss-reactive ketones (excluding diaryl/α,β-unsaturated/α-hetero) is 1. The van der Waals surface area contributed by atoms with Crippen molar-refractivity contribution in [3.8, 4) is 5.75 Å². The standard InChI is InChI=1S/C29H22BrNO7/c1-36-21-10-5-17(6-11-21)26-25(27(33)23-15-18-14-19(30)7-12-22(18)38-23)28(34)29(35)31(26)20-8-3-16(4-9-20)13-24(32)37-2/h3-12,14-15,26,34H,13H2,1-2H3. The lowest BCUT2D eigenvalue weighted by Gasteiger charge is -2.27. The van der Waals surface area contributed by atoms with Gasteiger partial charge in [-0.2, -0.15) is 0 Å². The van der Waals surface area contributed by atoms with E-state index in [-0.39, 0.29) is 17.8 Å². The van der Waals surface area contributed by atoms with E-state index >= 15 is 0 Å². The first-order valence-corrected chi connectivity index (χ1v) is 12.4. The number of hydrogen-bond donors (Lipinski definition) is 1. The topological polar surface area (TPSA) is 106 Å². The summed E-state index contributed by atoms with van der Waals surface area (Å²) in [6.07, 6.45) is 0.0715. The Bertz CT molecular complexity index is 1590. The summed E-state index contributed by atoms with van der Waals surface area (Å²) in [6, 6.07) is 19.6. The first kappa shape index (κ1) is 25.3. The van der Waals surface area contributed by atoms with Crippen LogP contribution in [0.4, 0.5) is 5.69 Å². The molecule has 5 rings (SSSR count). The normalized spacial score (nSPS) is 15.3. The molecule has 0 fully saturated rings. The number of methoxy groups -OCH3 is 2. The first-order chi connectivity index (χ1) is 18.3. The van der Waals surface area contributed by atoms with Gasteiger partial charge < -0.3 is 19.0 Å². The molecule has 192 valence electrons. The van der Waals surface area contributed by atoms with E-state index < -0.39 is 29.5 Å². The molecule has 1 atom stereocenters. The Morgan fingerprint density at radius 2 is 1.71 bits per heavy atom. The molecular weight excluding hydrogens is 554 g/mol. The lowest BCUT2D eigenvalue weighted by molar-refractivity contribution is -0.139. The first-order valence-electron chi connectivity index (χ1n) is 11.6. The third-order valence-corrected chi connectivity index (χ3v) is 6.87. The van der Waals surface area contributed by atoms with Crippen LogP contribution in [0.3, 0.4) is 0 Å². The third-order valence-electron chi connectivity index (χ3n) is 6.38. The molecule has 8 nitrogen and oxygen atoms in total. The minimum absolute atomic E-state index is 0.00115. The summed E-state index contributed by atoms with van der Waals surface area (Å²) < 4.78 is 16.6. The number of nitrogens with zero attached hydrogens (tertiary/aromatic N) is 1. The van der Waals surface area contributed by atoms with Gasteiger partial charge in [0.1, 0.15) is 11.3 Å². The van der Waals surface area contributed by atoms with E-state index in [1.54, 1.807) is 66.7 Å². The van der Waals surface area contributed by atoms with Crippen molar-refractivity contribution in [2.45, 2.75) is 12.5 Å². The van der Waals surface area contributed by atoms with Gasteiger partial charge in [-0.3, -0.25) is 19.3 Å². The van der Waals surface area contributed by atoms with Crippen LogP contribution in [-0.4, -0.2) is 37.0 Å². The van der Waals surface area contributed by atoms with Crippen LogP contribution in [-0.2, 0) is 20.7 Å². The zero-order chi connectivity index (χ0) is 27.0. The van der Waals surface area contributed by atoms with E-state index in [1.165, 1.54) is 19.1 Å². The van der Waals surface area contributed by atoms with Gasteiger partial charge in [0, 0.05) is 15.5 Å². The smallest absolute Gasteiger partial charge is 0.309 e. The number of esters is 1. The molecule has 1 aliphatic heterocycles. The number of carbonyl (C=O) groups is 3. The average molecular weight is 576 g/mol. The molecular formula is C29H22BrNO7. The molecule has 0 saturated heterocycles. The number of aliphatic hydroxyl groups is 1. The second-order valence-electron chi connectivity index (χ2n) is 8.65. The summed E-state index contributed by atoms with van der Waals surface area (Å²) >= 11 is 3.41. The van der Waals surface area contributed by atoms with E-state index in [2.05, 4.69) is 15.9 Å². The highest BCUT2D eigenvalue weighted by Gasteiger charge is 2.45. The fourth-order valence-corrected chi connectivity index (χ4v) is 4.86. The summed E-state index contributed by atoms with van der Waals surface area (Å²) in [5.41, 5.74) is 2.11. The van der Waals surface area contributed by atoms with Crippen molar-refractivity contribution in [2.75, 3.05) is 19.1 Å². The number of halogens is 1. The molecule has 1 amide bonds. The van der Waals surface area contributed by atoms with Crippen LogP contribution < -0.4 is 9.64 Å². The molecule has 0 spiro atoms. The Morgan fingerprint density at radius 1 is 1.00 bits per heavy atom. The van der Waals surface area contributed by atoms with Gasteiger partial charge in [0.05, 0.1) is 32.3 Å². The Kier molecular flexibility index (Phi) is 6.77. The summed E-state index contributed by atoms with van der Waals surface area (Å²) in [7, 11) is 2.85. The molecule has 2 heterocycles. The number of benzene rings is 3. The van der Waals surface area contributed by atoms with Crippen LogP contribution in [0.15, 0.2) is 93.0 Å². The second-order valence-corrected chi connectivity index (χ2v) is 9.57. The minimum atomic E-state index is -0.938. The fraction of sp³-hybridized carbons (Fsp3) is 0.138. The van der Waals surface area contributed by atoms with E-state index in [0.717, 1.165) is 4.47 Å². The van der Waals surface area contributed by atoms with Gasteiger partial charge in [-0.05, 0) is 59.7 Å². The van der Waals surface area contributed by atoms with Gasteiger partial charge in [-0.15, -0.1) is 0 Å². The van der Waals surface area contributed by atoms with Gasteiger partial charge in [0.25, 0.3) is 5.91 Å². The van der Waals surface area contributed by atoms with E-state index in [0.29, 0.717) is 33.5 Å². The average Bonchev–Trinajstić information content (AvgIpc) is 3.47. The molecule has 0 radical (unpaired) electrons. The summed E-state index contributed by atoms with van der Waals surface area (Å²) in [5, 5.41) is 11.7. The van der Waals surface area contributed by atoms with Crippen molar-refractivity contribution in [1.82, 2.24) is 0 Å². The number of hydrogen-bond acceptors (Lipinski definition) is 7. The number of rotatable bonds is 7. The molecule has 1 unspecified atom stereocenters. The van der Waals surface area contributed by atoms with Gasteiger partial charge in [0.2, 0.25) is 5.78 Å². The molecule has 0 aliphatic carbocycles. The Hall–Kier alpha value is -4.37. The molecule has 0 saturated carbocycles. The third kappa shape index (κ3) is 4.56. The molecule has 9 heteroatoms. The van der Waals surface area contributed by atoms with Crippen LogP contribution in [0.5, 0.6) is 5.75 Å². The van der Waals surface area contributed by atoms with Crippen molar-refractivity contribution in [3.05, 3.63) is 105 Å². The monoisotopic (exact) mass is 575 g/mol. The Labute approximate surface area is 226 Å². The summed E-state index contributed by atoms with van der Waals surface area (Å²) in [5.74, 6) is -1.78. The van der Waals surface area contributed by atoms with Crippen LogP contribution in [0.25, 0.3) is 11.0 Å². The Morgan fingerprint density at radius 3 is 2.37 bits per heavy atom. The number of fused-ring (bicyclic) bond motifs is 1. The number of amides is 1. The van der Waals surface area contributed by atoms with Crippen molar-refractivity contribution in [3.63, 3.8) is 0 Å². The maximum absolute atomic E-state index is 13.8. The van der Waals surface area contributed by atoms with Crippen LogP contribution in [0, 0.1) is 0 Å². The highest BCUT2D eigenvalue weighted by atomic mass is 79.9. The number of ketones is 1. The van der Waals surface area contributed by atoms with Gasteiger partial charge in [-0.1, -0.05) is 40.2 Å². The Balaban J connectivity index is 1.58. The van der Waals surface area contributed by atoms with E-state index in [9.17, 15) is 19.5 Å². The molecule has 1 aliphatic rings. The van der Waals surface area contributed by atoms with Crippen molar-refractivity contribution in [1.29, 1.82) is 0 Å². The van der Waals surface area contributed by atoms with Gasteiger partial charge in [0.15, 0.2) is 11.5 Å². The second kappa shape index (κ2) is 10.2. The fourth-order valence-electron chi connectivity index (χ4n) is 4.48. The maximum atomic E-state index is 13.8. The largest absolute Gasteiger partial charge is 0.503 e. The molecule has 38 heavy (non-hydrogen) atoms. The lowest BCUT2D eigenvalue weighted by Crippen LogP contribution is -2.31. The SMILES string of the molecule is COC(=O)Cc1ccc(N2C(=O)C(O)=C(C(=O)c3cc4cc(Br)ccc4o3)C2c2ccc(OC)cc2)cc1.